The number of nitrogens with one attached hydrogen (secondary N) is 2. The quantitative estimate of drug-likeness (QED) is 0.772. The van der Waals surface area contributed by atoms with Crippen LogP contribution in [0.15, 0.2) is 41.0 Å². The SMILES string of the molecule is CNCCc1ccccc1-c1nc2ncc(Br)cc2[nH]1. The van der Waals surface area contributed by atoms with Crippen LogP contribution in [0.4, 0.5) is 0 Å². The van der Waals surface area contributed by atoms with Gasteiger partial charge < -0.3 is 10.3 Å². The molecule has 20 heavy (non-hydrogen) atoms. The molecular weight excluding hydrogens is 316 g/mol. The van der Waals surface area contributed by atoms with E-state index >= 15 is 0 Å². The summed E-state index contributed by atoms with van der Waals surface area (Å²) in [6.45, 7) is 0.945. The van der Waals surface area contributed by atoms with E-state index in [1.54, 1.807) is 6.20 Å². The van der Waals surface area contributed by atoms with Crippen LogP contribution in [-0.2, 0) is 6.42 Å². The Balaban J connectivity index is 2.06. The maximum absolute atomic E-state index is 4.58. The Morgan fingerprint density at radius 3 is 3.00 bits per heavy atom. The van der Waals surface area contributed by atoms with Crippen molar-refractivity contribution in [1.82, 2.24) is 20.3 Å². The zero-order valence-corrected chi connectivity index (χ0v) is 12.7. The highest BCUT2D eigenvalue weighted by molar-refractivity contribution is 9.10. The second kappa shape index (κ2) is 5.73. The first-order valence-corrected chi connectivity index (χ1v) is 7.31. The van der Waals surface area contributed by atoms with Crippen molar-refractivity contribution in [2.75, 3.05) is 13.6 Å². The van der Waals surface area contributed by atoms with E-state index < -0.39 is 0 Å². The predicted molar refractivity (Wildman–Crippen MR) is 84.7 cm³/mol. The summed E-state index contributed by atoms with van der Waals surface area (Å²) in [5.74, 6) is 0.873. The lowest BCUT2D eigenvalue weighted by Crippen LogP contribution is -2.10. The molecule has 1 aromatic carbocycles. The Kier molecular flexibility index (Phi) is 3.80. The summed E-state index contributed by atoms with van der Waals surface area (Å²) in [5, 5.41) is 3.18. The van der Waals surface area contributed by atoms with Crippen molar-refractivity contribution in [1.29, 1.82) is 0 Å². The molecule has 0 spiro atoms. The van der Waals surface area contributed by atoms with E-state index in [2.05, 4.69) is 54.4 Å². The summed E-state index contributed by atoms with van der Waals surface area (Å²) in [7, 11) is 1.96. The van der Waals surface area contributed by atoms with Gasteiger partial charge in [0.05, 0.1) is 5.52 Å². The summed E-state index contributed by atoms with van der Waals surface area (Å²) < 4.78 is 0.948. The van der Waals surface area contributed by atoms with Crippen LogP contribution in [-0.4, -0.2) is 28.5 Å². The van der Waals surface area contributed by atoms with Gasteiger partial charge in [0, 0.05) is 16.2 Å². The zero-order chi connectivity index (χ0) is 13.9. The van der Waals surface area contributed by atoms with Crippen molar-refractivity contribution in [3.63, 3.8) is 0 Å². The topological polar surface area (TPSA) is 53.6 Å². The van der Waals surface area contributed by atoms with Crippen LogP contribution in [0, 0.1) is 0 Å². The first kappa shape index (κ1) is 13.3. The van der Waals surface area contributed by atoms with E-state index in [-0.39, 0.29) is 0 Å². The van der Waals surface area contributed by atoms with Gasteiger partial charge in [-0.05, 0) is 47.6 Å². The number of H-pyrrole nitrogens is 1. The molecule has 0 amide bonds. The van der Waals surface area contributed by atoms with Crippen LogP contribution in [0.1, 0.15) is 5.56 Å². The van der Waals surface area contributed by atoms with E-state index in [4.69, 9.17) is 0 Å². The molecule has 0 atom stereocenters. The second-order valence-corrected chi connectivity index (χ2v) is 5.54. The van der Waals surface area contributed by atoms with Crippen LogP contribution in [0.2, 0.25) is 0 Å². The molecule has 0 unspecified atom stereocenters. The molecule has 0 radical (unpaired) electrons. The summed E-state index contributed by atoms with van der Waals surface area (Å²) in [6, 6.07) is 10.3. The van der Waals surface area contributed by atoms with Crippen molar-refractivity contribution >= 4 is 27.1 Å². The minimum atomic E-state index is 0.742. The van der Waals surface area contributed by atoms with Crippen molar-refractivity contribution in [3.8, 4) is 11.4 Å². The summed E-state index contributed by atoms with van der Waals surface area (Å²) >= 11 is 3.43. The summed E-state index contributed by atoms with van der Waals surface area (Å²) in [4.78, 5) is 12.2. The molecular formula is C15H15BrN4. The van der Waals surface area contributed by atoms with Gasteiger partial charge in [0.2, 0.25) is 0 Å². The molecule has 102 valence electrons. The fraction of sp³-hybridized carbons (Fsp3) is 0.200. The molecule has 0 aliphatic carbocycles. The van der Waals surface area contributed by atoms with Crippen molar-refractivity contribution in [2.24, 2.45) is 0 Å². The van der Waals surface area contributed by atoms with Gasteiger partial charge >= 0.3 is 0 Å². The molecule has 0 fully saturated rings. The predicted octanol–water partition coefficient (Wildman–Crippen LogP) is 3.15. The minimum absolute atomic E-state index is 0.742. The third kappa shape index (κ3) is 2.59. The first-order valence-electron chi connectivity index (χ1n) is 6.52. The maximum Gasteiger partial charge on any atom is 0.178 e. The van der Waals surface area contributed by atoms with E-state index in [9.17, 15) is 0 Å². The Morgan fingerprint density at radius 1 is 1.30 bits per heavy atom. The van der Waals surface area contributed by atoms with Gasteiger partial charge in [-0.25, -0.2) is 9.97 Å². The summed E-state index contributed by atoms with van der Waals surface area (Å²) in [6.07, 6.45) is 2.74. The number of hydrogen-bond donors (Lipinski definition) is 2. The number of fused-ring (bicyclic) bond motifs is 1. The number of hydrogen-bond acceptors (Lipinski definition) is 3. The molecule has 2 heterocycles. The lowest BCUT2D eigenvalue weighted by molar-refractivity contribution is 0.792. The number of rotatable bonds is 4. The number of benzene rings is 1. The monoisotopic (exact) mass is 330 g/mol. The number of aromatic amines is 1. The lowest BCUT2D eigenvalue weighted by atomic mass is 10.0. The molecule has 5 heteroatoms. The van der Waals surface area contributed by atoms with Gasteiger partial charge in [0.1, 0.15) is 5.82 Å². The van der Waals surface area contributed by atoms with Crippen molar-refractivity contribution < 1.29 is 0 Å². The largest absolute Gasteiger partial charge is 0.337 e. The smallest absolute Gasteiger partial charge is 0.178 e. The molecule has 2 aromatic heterocycles. The van der Waals surface area contributed by atoms with Gasteiger partial charge in [0.15, 0.2) is 5.65 Å². The maximum atomic E-state index is 4.58. The molecule has 3 rings (SSSR count). The van der Waals surface area contributed by atoms with Crippen molar-refractivity contribution in [2.45, 2.75) is 6.42 Å². The molecule has 4 nitrogen and oxygen atoms in total. The minimum Gasteiger partial charge on any atom is -0.337 e. The highest BCUT2D eigenvalue weighted by Crippen LogP contribution is 2.24. The molecule has 0 saturated heterocycles. The van der Waals surface area contributed by atoms with Crippen LogP contribution < -0.4 is 5.32 Å². The van der Waals surface area contributed by atoms with Gasteiger partial charge in [-0.15, -0.1) is 0 Å². The first-order chi connectivity index (χ1) is 9.78. The van der Waals surface area contributed by atoms with E-state index in [1.807, 2.05) is 19.2 Å². The number of nitrogens with zero attached hydrogens (tertiary/aromatic N) is 2. The Hall–Kier alpha value is -1.72. The van der Waals surface area contributed by atoms with Crippen LogP contribution in [0.25, 0.3) is 22.6 Å². The molecule has 0 aliphatic rings. The standard InChI is InChI=1S/C15H15BrN4/c1-17-7-6-10-4-2-3-5-12(10)14-19-13-8-11(16)9-18-15(13)20-14/h2-5,8-9,17H,6-7H2,1H3,(H,18,19,20). The van der Waals surface area contributed by atoms with E-state index in [0.29, 0.717) is 0 Å². The Bertz CT molecular complexity index is 736. The third-order valence-electron chi connectivity index (χ3n) is 3.22. The Labute approximate surface area is 125 Å². The second-order valence-electron chi connectivity index (χ2n) is 4.62. The highest BCUT2D eigenvalue weighted by atomic mass is 79.9. The number of imidazole rings is 1. The zero-order valence-electron chi connectivity index (χ0n) is 11.2. The average Bonchev–Trinajstić information content (AvgIpc) is 2.88. The van der Waals surface area contributed by atoms with Gasteiger partial charge in [0.25, 0.3) is 0 Å². The van der Waals surface area contributed by atoms with E-state index in [1.165, 1.54) is 5.56 Å². The Morgan fingerprint density at radius 2 is 2.15 bits per heavy atom. The average molecular weight is 331 g/mol. The normalized spacial score (nSPS) is 11.1. The molecule has 0 saturated carbocycles. The number of aromatic nitrogens is 3. The number of likely N-dealkylation sites (N-methyl/N-ethyl adjacent to an activating group) is 1. The molecule has 3 aromatic rings. The molecule has 2 N–H and O–H groups in total. The molecule has 0 aliphatic heterocycles. The lowest BCUT2D eigenvalue weighted by Gasteiger charge is -2.06. The fourth-order valence-corrected chi connectivity index (χ4v) is 2.56. The van der Waals surface area contributed by atoms with E-state index in [0.717, 1.165) is 40.0 Å². The fourth-order valence-electron chi connectivity index (χ4n) is 2.23. The molecule has 0 bridgehead atoms. The van der Waals surface area contributed by atoms with Crippen LogP contribution >= 0.6 is 15.9 Å². The number of pyridine rings is 1. The highest BCUT2D eigenvalue weighted by Gasteiger charge is 2.10. The van der Waals surface area contributed by atoms with Gasteiger partial charge in [-0.2, -0.15) is 0 Å². The number of halogens is 1. The third-order valence-corrected chi connectivity index (χ3v) is 3.65. The van der Waals surface area contributed by atoms with Crippen molar-refractivity contribution in [3.05, 3.63) is 46.6 Å². The van der Waals surface area contributed by atoms with Crippen LogP contribution in [0.5, 0.6) is 0 Å². The van der Waals surface area contributed by atoms with Gasteiger partial charge in [-0.1, -0.05) is 24.3 Å². The van der Waals surface area contributed by atoms with Gasteiger partial charge in [-0.3, -0.25) is 0 Å². The summed E-state index contributed by atoms with van der Waals surface area (Å²) in [5.41, 5.74) is 4.10. The van der Waals surface area contributed by atoms with Crippen LogP contribution in [0.3, 0.4) is 0 Å².